The molecule has 1 aromatic rings. The van der Waals surface area contributed by atoms with Gasteiger partial charge in [0.15, 0.2) is 0 Å². The molecule has 0 amide bonds. The van der Waals surface area contributed by atoms with Crippen LogP contribution >= 0.6 is 0 Å². The molecular weight excluding hydrogens is 202 g/mol. The summed E-state index contributed by atoms with van der Waals surface area (Å²) in [5.74, 6) is 4.69. The number of benzene rings is 1. The van der Waals surface area contributed by atoms with Gasteiger partial charge in [-0.2, -0.15) is 0 Å². The highest BCUT2D eigenvalue weighted by Gasteiger charge is 1.97. The molecule has 3 heteroatoms. The Labute approximate surface area is 96.0 Å². The largest absolute Gasteiger partial charge is 0.459 e. The SMILES string of the molecule is COC(=O)C#CCCN(C)c1ccccc1. The fourth-order valence-corrected chi connectivity index (χ4v) is 1.22. The summed E-state index contributed by atoms with van der Waals surface area (Å²) in [6.07, 6.45) is 0.639. The van der Waals surface area contributed by atoms with Gasteiger partial charge in [-0.05, 0) is 12.1 Å². The average molecular weight is 217 g/mol. The predicted molar refractivity (Wildman–Crippen MR) is 64.1 cm³/mol. The number of anilines is 1. The third kappa shape index (κ3) is 4.05. The number of methoxy groups -OCH3 is 1. The summed E-state index contributed by atoms with van der Waals surface area (Å²) in [5, 5.41) is 0. The first kappa shape index (κ1) is 12.1. The highest BCUT2D eigenvalue weighted by Crippen LogP contribution is 2.10. The highest BCUT2D eigenvalue weighted by molar-refractivity contribution is 5.88. The number of nitrogens with zero attached hydrogens (tertiary/aromatic N) is 1. The van der Waals surface area contributed by atoms with Gasteiger partial charge in [0.2, 0.25) is 0 Å². The van der Waals surface area contributed by atoms with Crippen molar-refractivity contribution in [3.63, 3.8) is 0 Å². The Balaban J connectivity index is 2.38. The molecule has 1 rings (SSSR count). The van der Waals surface area contributed by atoms with Crippen LogP contribution in [0, 0.1) is 11.8 Å². The fourth-order valence-electron chi connectivity index (χ4n) is 1.22. The van der Waals surface area contributed by atoms with E-state index in [2.05, 4.69) is 21.5 Å². The maximum absolute atomic E-state index is 10.7. The summed E-state index contributed by atoms with van der Waals surface area (Å²) in [7, 11) is 3.32. The number of carbonyl (C=O) groups excluding carboxylic acids is 1. The second-order valence-electron chi connectivity index (χ2n) is 3.30. The molecule has 0 fully saturated rings. The Morgan fingerprint density at radius 1 is 1.38 bits per heavy atom. The highest BCUT2D eigenvalue weighted by atomic mass is 16.5. The van der Waals surface area contributed by atoms with Gasteiger partial charge in [0.1, 0.15) is 0 Å². The van der Waals surface area contributed by atoms with E-state index in [0.717, 1.165) is 12.2 Å². The van der Waals surface area contributed by atoms with E-state index in [1.54, 1.807) is 0 Å². The number of esters is 1. The fraction of sp³-hybridized carbons (Fsp3) is 0.308. The molecule has 0 bridgehead atoms. The quantitative estimate of drug-likeness (QED) is 0.438. The molecule has 0 aliphatic heterocycles. The van der Waals surface area contributed by atoms with Crippen molar-refractivity contribution in [1.29, 1.82) is 0 Å². The van der Waals surface area contributed by atoms with E-state index in [9.17, 15) is 4.79 Å². The van der Waals surface area contributed by atoms with E-state index in [1.807, 2.05) is 37.4 Å². The second-order valence-corrected chi connectivity index (χ2v) is 3.30. The van der Waals surface area contributed by atoms with Crippen LogP contribution in [0.4, 0.5) is 5.69 Å². The first-order chi connectivity index (χ1) is 7.74. The van der Waals surface area contributed by atoms with Crippen LogP contribution in [0.25, 0.3) is 0 Å². The molecule has 0 spiro atoms. The molecule has 3 nitrogen and oxygen atoms in total. The normalized spacial score (nSPS) is 8.88. The lowest BCUT2D eigenvalue weighted by atomic mass is 10.3. The van der Waals surface area contributed by atoms with Gasteiger partial charge in [0, 0.05) is 31.6 Å². The lowest BCUT2D eigenvalue weighted by Gasteiger charge is -2.17. The number of rotatable bonds is 3. The first-order valence-electron chi connectivity index (χ1n) is 5.07. The summed E-state index contributed by atoms with van der Waals surface area (Å²) >= 11 is 0. The molecule has 0 radical (unpaired) electrons. The van der Waals surface area contributed by atoms with Gasteiger partial charge in [-0.3, -0.25) is 0 Å². The average Bonchev–Trinajstić information content (AvgIpc) is 2.35. The van der Waals surface area contributed by atoms with E-state index in [0.29, 0.717) is 6.42 Å². The summed E-state index contributed by atoms with van der Waals surface area (Å²) < 4.78 is 4.42. The smallest absolute Gasteiger partial charge is 0.384 e. The van der Waals surface area contributed by atoms with Crippen LogP contribution in [0.2, 0.25) is 0 Å². The number of para-hydroxylation sites is 1. The number of ether oxygens (including phenoxy) is 1. The predicted octanol–water partition coefficient (Wildman–Crippen LogP) is 1.69. The minimum atomic E-state index is -0.484. The molecule has 84 valence electrons. The van der Waals surface area contributed by atoms with Crippen molar-refractivity contribution >= 4 is 11.7 Å². The monoisotopic (exact) mass is 217 g/mol. The van der Waals surface area contributed by atoms with E-state index < -0.39 is 5.97 Å². The van der Waals surface area contributed by atoms with Gasteiger partial charge in [0.25, 0.3) is 0 Å². The van der Waals surface area contributed by atoms with Crippen molar-refractivity contribution in [2.24, 2.45) is 0 Å². The van der Waals surface area contributed by atoms with Crippen LogP contribution < -0.4 is 4.90 Å². The van der Waals surface area contributed by atoms with Crippen molar-refractivity contribution in [2.45, 2.75) is 6.42 Å². The Kier molecular flexibility index (Phi) is 4.94. The van der Waals surface area contributed by atoms with Crippen molar-refractivity contribution in [1.82, 2.24) is 0 Å². The van der Waals surface area contributed by atoms with Crippen molar-refractivity contribution in [3.8, 4) is 11.8 Å². The first-order valence-corrected chi connectivity index (χ1v) is 5.07. The molecule has 16 heavy (non-hydrogen) atoms. The summed E-state index contributed by atoms with van der Waals surface area (Å²) in [6, 6.07) is 10.0. The number of hydrogen-bond acceptors (Lipinski definition) is 3. The molecule has 0 aliphatic carbocycles. The lowest BCUT2D eigenvalue weighted by Crippen LogP contribution is -2.17. The van der Waals surface area contributed by atoms with Gasteiger partial charge in [-0.25, -0.2) is 4.79 Å². The van der Waals surface area contributed by atoms with Gasteiger partial charge >= 0.3 is 5.97 Å². The Morgan fingerprint density at radius 2 is 2.06 bits per heavy atom. The number of hydrogen-bond donors (Lipinski definition) is 0. The zero-order chi connectivity index (χ0) is 11.8. The molecule has 1 aromatic carbocycles. The Morgan fingerprint density at radius 3 is 2.69 bits per heavy atom. The van der Waals surface area contributed by atoms with Crippen LogP contribution in [0.1, 0.15) is 6.42 Å². The summed E-state index contributed by atoms with van der Waals surface area (Å²) in [4.78, 5) is 12.8. The molecule has 0 aliphatic rings. The second kappa shape index (κ2) is 6.52. The molecule has 0 N–H and O–H groups in total. The minimum Gasteiger partial charge on any atom is -0.459 e. The zero-order valence-electron chi connectivity index (χ0n) is 9.56. The summed E-state index contributed by atoms with van der Waals surface area (Å²) in [6.45, 7) is 0.786. The molecule has 0 saturated carbocycles. The lowest BCUT2D eigenvalue weighted by molar-refractivity contribution is -0.133. The molecule has 0 unspecified atom stereocenters. The van der Waals surface area contributed by atoms with Crippen LogP contribution in [-0.2, 0) is 9.53 Å². The molecule has 0 heterocycles. The van der Waals surface area contributed by atoms with Gasteiger partial charge < -0.3 is 9.64 Å². The standard InChI is InChI=1S/C13H15NO2/c1-14(12-8-4-3-5-9-12)11-7-6-10-13(15)16-2/h3-5,8-9H,7,11H2,1-2H3. The molecule has 0 atom stereocenters. The summed E-state index contributed by atoms with van der Waals surface area (Å²) in [5.41, 5.74) is 1.14. The maximum Gasteiger partial charge on any atom is 0.384 e. The van der Waals surface area contributed by atoms with Gasteiger partial charge in [-0.15, -0.1) is 0 Å². The number of carbonyl (C=O) groups is 1. The Bertz CT molecular complexity index is 389. The maximum atomic E-state index is 10.7. The van der Waals surface area contributed by atoms with Crippen molar-refractivity contribution in [2.75, 3.05) is 25.6 Å². The van der Waals surface area contributed by atoms with Gasteiger partial charge in [-0.1, -0.05) is 24.1 Å². The van der Waals surface area contributed by atoms with Crippen molar-refractivity contribution in [3.05, 3.63) is 30.3 Å². The molecule has 0 saturated heterocycles. The van der Waals surface area contributed by atoms with Crippen LogP contribution in [-0.4, -0.2) is 26.7 Å². The van der Waals surface area contributed by atoms with E-state index in [-0.39, 0.29) is 0 Å². The van der Waals surface area contributed by atoms with Gasteiger partial charge in [0.05, 0.1) is 7.11 Å². The Hall–Kier alpha value is -1.95. The van der Waals surface area contributed by atoms with E-state index in [4.69, 9.17) is 0 Å². The van der Waals surface area contributed by atoms with Crippen LogP contribution in [0.15, 0.2) is 30.3 Å². The zero-order valence-corrected chi connectivity index (χ0v) is 9.56. The van der Waals surface area contributed by atoms with Crippen molar-refractivity contribution < 1.29 is 9.53 Å². The third-order valence-corrected chi connectivity index (χ3v) is 2.15. The van der Waals surface area contributed by atoms with Crippen LogP contribution in [0.5, 0.6) is 0 Å². The molecular formula is C13H15NO2. The minimum absolute atomic E-state index is 0.484. The van der Waals surface area contributed by atoms with E-state index in [1.165, 1.54) is 7.11 Å². The third-order valence-electron chi connectivity index (χ3n) is 2.15. The topological polar surface area (TPSA) is 29.5 Å². The van der Waals surface area contributed by atoms with E-state index >= 15 is 0 Å². The van der Waals surface area contributed by atoms with Crippen LogP contribution in [0.3, 0.4) is 0 Å². The molecule has 0 aromatic heterocycles.